The summed E-state index contributed by atoms with van der Waals surface area (Å²) in [7, 11) is 0. The Hall–Kier alpha value is -1.26. The van der Waals surface area contributed by atoms with E-state index < -0.39 is 6.10 Å². The highest BCUT2D eigenvalue weighted by Gasteiger charge is 2.29. The van der Waals surface area contributed by atoms with Gasteiger partial charge in [-0.2, -0.15) is 0 Å². The molecule has 0 radical (unpaired) electrons. The molecule has 21 heavy (non-hydrogen) atoms. The van der Waals surface area contributed by atoms with Gasteiger partial charge in [-0.1, -0.05) is 17.7 Å². The molecule has 5 heteroatoms. The fourth-order valence-corrected chi connectivity index (χ4v) is 2.72. The molecule has 3 atom stereocenters. The molecular weight excluding hydrogens is 290 g/mol. The third-order valence-corrected chi connectivity index (χ3v) is 3.78. The lowest BCUT2D eigenvalue weighted by Crippen LogP contribution is -2.51. The van der Waals surface area contributed by atoms with Crippen molar-refractivity contribution in [3.8, 4) is 5.75 Å². The summed E-state index contributed by atoms with van der Waals surface area (Å²) < 4.78 is 11.4. The van der Waals surface area contributed by atoms with Crippen molar-refractivity contribution in [3.63, 3.8) is 0 Å². The van der Waals surface area contributed by atoms with Crippen LogP contribution in [0, 0.1) is 6.92 Å². The summed E-state index contributed by atoms with van der Waals surface area (Å²) in [6.07, 6.45) is -0.471. The number of ether oxygens (including phenoxy) is 2. The number of amides is 1. The molecule has 116 valence electrons. The van der Waals surface area contributed by atoms with Gasteiger partial charge in [0, 0.05) is 13.1 Å². The first-order valence-electron chi connectivity index (χ1n) is 7.24. The molecule has 0 aliphatic carbocycles. The molecule has 4 nitrogen and oxygen atoms in total. The van der Waals surface area contributed by atoms with Crippen LogP contribution in [0.2, 0.25) is 5.02 Å². The zero-order valence-electron chi connectivity index (χ0n) is 12.9. The first-order valence-corrected chi connectivity index (χ1v) is 7.61. The maximum Gasteiger partial charge on any atom is 0.263 e. The second kappa shape index (κ2) is 6.67. The molecule has 0 saturated carbocycles. The first kappa shape index (κ1) is 16.1. The molecule has 0 N–H and O–H groups in total. The maximum absolute atomic E-state index is 12.5. The molecule has 1 aromatic carbocycles. The van der Waals surface area contributed by atoms with Crippen molar-refractivity contribution in [2.24, 2.45) is 0 Å². The number of rotatable bonds is 3. The Morgan fingerprint density at radius 2 is 2.00 bits per heavy atom. The van der Waals surface area contributed by atoms with Gasteiger partial charge in [-0.15, -0.1) is 0 Å². The Balaban J connectivity index is 2.04. The van der Waals surface area contributed by atoms with E-state index in [1.165, 1.54) is 0 Å². The summed E-state index contributed by atoms with van der Waals surface area (Å²) in [6.45, 7) is 8.85. The van der Waals surface area contributed by atoms with Crippen LogP contribution in [-0.4, -0.2) is 42.2 Å². The molecule has 1 fully saturated rings. The van der Waals surface area contributed by atoms with Gasteiger partial charge in [0.1, 0.15) is 5.75 Å². The number of aryl methyl sites for hydroxylation is 1. The minimum absolute atomic E-state index is 0.0328. The quantitative estimate of drug-likeness (QED) is 0.861. The molecule has 0 unspecified atom stereocenters. The summed E-state index contributed by atoms with van der Waals surface area (Å²) in [4.78, 5) is 14.3. The van der Waals surface area contributed by atoms with Crippen molar-refractivity contribution >= 4 is 17.5 Å². The number of carbonyl (C=O) groups excluding carboxylic acids is 1. The lowest BCUT2D eigenvalue weighted by molar-refractivity contribution is -0.149. The van der Waals surface area contributed by atoms with Crippen LogP contribution >= 0.6 is 11.6 Å². The summed E-state index contributed by atoms with van der Waals surface area (Å²) in [5.74, 6) is 0.515. The van der Waals surface area contributed by atoms with Crippen LogP contribution in [0.15, 0.2) is 18.2 Å². The van der Waals surface area contributed by atoms with Crippen LogP contribution in [0.25, 0.3) is 0 Å². The van der Waals surface area contributed by atoms with Gasteiger partial charge in [0.2, 0.25) is 0 Å². The highest BCUT2D eigenvalue weighted by molar-refractivity contribution is 6.32. The largest absolute Gasteiger partial charge is 0.479 e. The Morgan fingerprint density at radius 3 is 2.62 bits per heavy atom. The van der Waals surface area contributed by atoms with Gasteiger partial charge in [-0.3, -0.25) is 4.79 Å². The van der Waals surface area contributed by atoms with E-state index in [0.717, 1.165) is 5.56 Å². The molecule has 0 aromatic heterocycles. The third-order valence-electron chi connectivity index (χ3n) is 3.47. The summed E-state index contributed by atoms with van der Waals surface area (Å²) in [5, 5.41) is 0.518. The highest BCUT2D eigenvalue weighted by Crippen LogP contribution is 2.26. The fourth-order valence-electron chi connectivity index (χ4n) is 2.56. The zero-order valence-corrected chi connectivity index (χ0v) is 13.7. The van der Waals surface area contributed by atoms with Gasteiger partial charge < -0.3 is 14.4 Å². The van der Waals surface area contributed by atoms with E-state index in [1.54, 1.807) is 17.9 Å². The number of hydrogen-bond acceptors (Lipinski definition) is 3. The second-order valence-electron chi connectivity index (χ2n) is 5.69. The molecule has 0 spiro atoms. The van der Waals surface area contributed by atoms with Crippen molar-refractivity contribution in [3.05, 3.63) is 28.8 Å². The number of hydrogen-bond donors (Lipinski definition) is 0. The monoisotopic (exact) mass is 311 g/mol. The van der Waals surface area contributed by atoms with Crippen LogP contribution in [0.1, 0.15) is 26.3 Å². The molecule has 1 saturated heterocycles. The van der Waals surface area contributed by atoms with Crippen LogP contribution in [-0.2, 0) is 9.53 Å². The van der Waals surface area contributed by atoms with Crippen molar-refractivity contribution in [1.82, 2.24) is 4.90 Å². The lowest BCUT2D eigenvalue weighted by Gasteiger charge is -2.36. The summed E-state index contributed by atoms with van der Waals surface area (Å²) in [5.41, 5.74) is 1.04. The maximum atomic E-state index is 12.5. The number of benzene rings is 1. The van der Waals surface area contributed by atoms with Crippen molar-refractivity contribution in [2.45, 2.75) is 46.0 Å². The second-order valence-corrected chi connectivity index (χ2v) is 6.10. The SMILES string of the molecule is Cc1ccc(Cl)c(O[C@H](C)C(=O)N2C[C@@H](C)O[C@@H](C)C2)c1. The van der Waals surface area contributed by atoms with E-state index in [2.05, 4.69) is 0 Å². The fraction of sp³-hybridized carbons (Fsp3) is 0.562. The van der Waals surface area contributed by atoms with E-state index >= 15 is 0 Å². The standard InChI is InChI=1S/C16H22ClNO3/c1-10-5-6-14(17)15(7-10)21-13(4)16(19)18-8-11(2)20-12(3)9-18/h5-7,11-13H,8-9H2,1-4H3/t11-,12+,13-/m1/s1. The van der Waals surface area contributed by atoms with Crippen LogP contribution in [0.3, 0.4) is 0 Å². The number of morpholine rings is 1. The van der Waals surface area contributed by atoms with Gasteiger partial charge in [-0.05, 0) is 45.4 Å². The zero-order chi connectivity index (χ0) is 15.6. The first-order chi connectivity index (χ1) is 9.86. The van der Waals surface area contributed by atoms with Crippen LogP contribution in [0.4, 0.5) is 0 Å². The van der Waals surface area contributed by atoms with Crippen molar-refractivity contribution in [1.29, 1.82) is 0 Å². The van der Waals surface area contributed by atoms with Gasteiger partial charge in [-0.25, -0.2) is 0 Å². The molecule has 2 rings (SSSR count). The Labute approximate surface area is 131 Å². The van der Waals surface area contributed by atoms with E-state index in [0.29, 0.717) is 23.9 Å². The molecule has 1 heterocycles. The predicted molar refractivity (Wildman–Crippen MR) is 82.9 cm³/mol. The van der Waals surface area contributed by atoms with Crippen molar-refractivity contribution in [2.75, 3.05) is 13.1 Å². The van der Waals surface area contributed by atoms with E-state index in [-0.39, 0.29) is 18.1 Å². The molecule has 1 aliphatic rings. The minimum Gasteiger partial charge on any atom is -0.479 e. The molecule has 1 aliphatic heterocycles. The van der Waals surface area contributed by atoms with Gasteiger partial charge in [0.05, 0.1) is 17.2 Å². The van der Waals surface area contributed by atoms with E-state index in [9.17, 15) is 4.79 Å². The average molecular weight is 312 g/mol. The van der Waals surface area contributed by atoms with Gasteiger partial charge in [0.15, 0.2) is 6.10 Å². The third kappa shape index (κ3) is 4.11. The molecular formula is C16H22ClNO3. The van der Waals surface area contributed by atoms with E-state index in [1.807, 2.05) is 32.9 Å². The molecule has 1 aromatic rings. The normalized spacial score (nSPS) is 23.8. The van der Waals surface area contributed by atoms with Gasteiger partial charge >= 0.3 is 0 Å². The lowest BCUT2D eigenvalue weighted by atomic mass is 10.2. The number of halogens is 1. The highest BCUT2D eigenvalue weighted by atomic mass is 35.5. The average Bonchev–Trinajstić information content (AvgIpc) is 2.41. The van der Waals surface area contributed by atoms with Crippen molar-refractivity contribution < 1.29 is 14.3 Å². The smallest absolute Gasteiger partial charge is 0.263 e. The molecule has 0 bridgehead atoms. The predicted octanol–water partition coefficient (Wildman–Crippen LogP) is 3.05. The number of carbonyl (C=O) groups is 1. The summed E-state index contributed by atoms with van der Waals surface area (Å²) >= 11 is 6.11. The Bertz CT molecular complexity index is 510. The van der Waals surface area contributed by atoms with E-state index in [4.69, 9.17) is 21.1 Å². The summed E-state index contributed by atoms with van der Waals surface area (Å²) in [6, 6.07) is 5.53. The Morgan fingerprint density at radius 1 is 1.38 bits per heavy atom. The Kier molecular flexibility index (Phi) is 5.12. The van der Waals surface area contributed by atoms with Crippen LogP contribution < -0.4 is 4.74 Å². The topological polar surface area (TPSA) is 38.8 Å². The number of nitrogens with zero attached hydrogens (tertiary/aromatic N) is 1. The van der Waals surface area contributed by atoms with Gasteiger partial charge in [0.25, 0.3) is 5.91 Å². The van der Waals surface area contributed by atoms with Crippen LogP contribution in [0.5, 0.6) is 5.75 Å². The molecule has 1 amide bonds. The minimum atomic E-state index is -0.568.